The monoisotopic (exact) mass is 383 g/mol. The van der Waals surface area contributed by atoms with Crippen LogP contribution in [0, 0.1) is 5.82 Å². The van der Waals surface area contributed by atoms with Crippen LogP contribution in [0.4, 0.5) is 4.39 Å². The first-order valence-corrected chi connectivity index (χ1v) is 8.94. The lowest BCUT2D eigenvalue weighted by molar-refractivity contribution is -0.145. The van der Waals surface area contributed by atoms with Gasteiger partial charge in [-0.2, -0.15) is 4.72 Å². The average Bonchev–Trinajstić information content (AvgIpc) is 2.65. The molecule has 2 aromatic carbocycles. The molecule has 0 aromatic heterocycles. The van der Waals surface area contributed by atoms with Gasteiger partial charge in [-0.15, -0.1) is 0 Å². The van der Waals surface area contributed by atoms with E-state index >= 15 is 0 Å². The average molecular weight is 383 g/mol. The zero-order valence-electron chi connectivity index (χ0n) is 14.0. The van der Waals surface area contributed by atoms with Gasteiger partial charge in [0.05, 0.1) is 19.1 Å². The molecule has 0 aliphatic heterocycles. The number of aliphatic hydroxyl groups excluding tert-OH is 1. The van der Waals surface area contributed by atoms with E-state index < -0.39 is 34.0 Å². The highest BCUT2D eigenvalue weighted by atomic mass is 32.2. The summed E-state index contributed by atoms with van der Waals surface area (Å²) in [5, 5.41) is 10.5. The number of aliphatic hydroxyl groups is 1. The van der Waals surface area contributed by atoms with Gasteiger partial charge < -0.3 is 14.6 Å². The molecular weight excluding hydrogens is 365 g/mol. The predicted molar refractivity (Wildman–Crippen MR) is 90.5 cm³/mol. The molecular formula is C17H18FNO6S. The summed E-state index contributed by atoms with van der Waals surface area (Å²) in [7, 11) is -1.66. The Kier molecular flexibility index (Phi) is 6.30. The summed E-state index contributed by atoms with van der Waals surface area (Å²) < 4.78 is 49.6. The molecule has 26 heavy (non-hydrogen) atoms. The second-order valence-electron chi connectivity index (χ2n) is 5.29. The molecule has 0 amide bonds. The number of sulfonamides is 1. The molecule has 0 heterocycles. The number of halogens is 1. The molecule has 2 aromatic rings. The molecule has 0 bridgehead atoms. The van der Waals surface area contributed by atoms with Crippen LogP contribution >= 0.6 is 0 Å². The van der Waals surface area contributed by atoms with Crippen molar-refractivity contribution in [3.05, 3.63) is 59.9 Å². The molecule has 2 rings (SSSR count). The lowest BCUT2D eigenvalue weighted by atomic mass is 10.0. The minimum absolute atomic E-state index is 0.255. The zero-order valence-corrected chi connectivity index (χ0v) is 14.9. The van der Waals surface area contributed by atoms with Crippen LogP contribution in [0.15, 0.2) is 53.4 Å². The molecule has 2 N–H and O–H groups in total. The normalized spacial score (nSPS) is 13.7. The van der Waals surface area contributed by atoms with E-state index in [1.54, 1.807) is 12.1 Å². The van der Waals surface area contributed by atoms with E-state index in [0.717, 1.165) is 31.4 Å². The van der Waals surface area contributed by atoms with Gasteiger partial charge >= 0.3 is 5.97 Å². The van der Waals surface area contributed by atoms with Crippen LogP contribution in [0.3, 0.4) is 0 Å². The van der Waals surface area contributed by atoms with E-state index in [1.807, 2.05) is 0 Å². The van der Waals surface area contributed by atoms with Gasteiger partial charge in [0.15, 0.2) is 0 Å². The van der Waals surface area contributed by atoms with Crippen LogP contribution in [0.1, 0.15) is 11.7 Å². The number of carbonyl (C=O) groups excluding carboxylic acids is 1. The zero-order chi connectivity index (χ0) is 19.3. The van der Waals surface area contributed by atoms with Gasteiger partial charge in [0.1, 0.15) is 23.7 Å². The standard InChI is InChI=1S/C17H18FNO6S/c1-24-13-7-3-11(4-8-13)16(20)15(17(21)25-2)19-26(22,23)14-9-5-12(18)6-10-14/h3-10,15-16,19-20H,1-2H3. The fourth-order valence-corrected chi connectivity index (χ4v) is 3.40. The Bertz CT molecular complexity index is 852. The van der Waals surface area contributed by atoms with Gasteiger partial charge in [0.2, 0.25) is 10.0 Å². The number of hydrogen-bond acceptors (Lipinski definition) is 6. The summed E-state index contributed by atoms with van der Waals surface area (Å²) >= 11 is 0. The second-order valence-corrected chi connectivity index (χ2v) is 7.01. The number of rotatable bonds is 7. The Hall–Kier alpha value is -2.49. The number of carbonyl (C=O) groups is 1. The van der Waals surface area contributed by atoms with Gasteiger partial charge in [-0.05, 0) is 42.0 Å². The van der Waals surface area contributed by atoms with E-state index in [1.165, 1.54) is 19.2 Å². The third-order valence-electron chi connectivity index (χ3n) is 3.63. The molecule has 0 aliphatic carbocycles. The van der Waals surface area contributed by atoms with Crippen LogP contribution in [0.5, 0.6) is 5.75 Å². The predicted octanol–water partition coefficient (Wildman–Crippen LogP) is 1.39. The maximum Gasteiger partial charge on any atom is 0.326 e. The minimum atomic E-state index is -4.20. The van der Waals surface area contributed by atoms with Crippen LogP contribution in [0.2, 0.25) is 0 Å². The maximum absolute atomic E-state index is 13.0. The largest absolute Gasteiger partial charge is 0.497 e. The van der Waals surface area contributed by atoms with Crippen molar-refractivity contribution in [2.45, 2.75) is 17.0 Å². The summed E-state index contributed by atoms with van der Waals surface area (Å²) in [4.78, 5) is 11.8. The highest BCUT2D eigenvalue weighted by Gasteiger charge is 2.33. The van der Waals surface area contributed by atoms with Crippen molar-refractivity contribution < 1.29 is 32.2 Å². The first kappa shape index (κ1) is 19.8. The summed E-state index contributed by atoms with van der Waals surface area (Å²) in [6.45, 7) is 0. The van der Waals surface area contributed by atoms with Crippen molar-refractivity contribution in [2.24, 2.45) is 0 Å². The van der Waals surface area contributed by atoms with Crippen LogP contribution in [0.25, 0.3) is 0 Å². The fourth-order valence-electron chi connectivity index (χ4n) is 2.21. The van der Waals surface area contributed by atoms with E-state index in [2.05, 4.69) is 9.46 Å². The lowest BCUT2D eigenvalue weighted by Crippen LogP contribution is -2.45. The van der Waals surface area contributed by atoms with E-state index in [9.17, 15) is 22.7 Å². The Labute approximate surface area is 150 Å². The van der Waals surface area contributed by atoms with Gasteiger partial charge in [-0.1, -0.05) is 12.1 Å². The van der Waals surface area contributed by atoms with Crippen molar-refractivity contribution in [1.82, 2.24) is 4.72 Å². The number of methoxy groups -OCH3 is 2. The highest BCUT2D eigenvalue weighted by Crippen LogP contribution is 2.22. The van der Waals surface area contributed by atoms with Crippen LogP contribution in [-0.4, -0.2) is 39.8 Å². The first-order chi connectivity index (χ1) is 12.3. The van der Waals surface area contributed by atoms with Gasteiger partial charge in [-0.25, -0.2) is 12.8 Å². The molecule has 7 nitrogen and oxygen atoms in total. The third-order valence-corrected chi connectivity index (χ3v) is 5.09. The second kappa shape index (κ2) is 8.26. The number of ether oxygens (including phenoxy) is 2. The van der Waals surface area contributed by atoms with Crippen molar-refractivity contribution in [3.8, 4) is 5.75 Å². The molecule has 2 unspecified atom stereocenters. The van der Waals surface area contributed by atoms with E-state index in [4.69, 9.17) is 4.74 Å². The maximum atomic E-state index is 13.0. The lowest BCUT2D eigenvalue weighted by Gasteiger charge is -2.22. The van der Waals surface area contributed by atoms with E-state index in [0.29, 0.717) is 5.75 Å². The topological polar surface area (TPSA) is 102 Å². The summed E-state index contributed by atoms with van der Waals surface area (Å²) in [6, 6.07) is 8.55. The first-order valence-electron chi connectivity index (χ1n) is 7.46. The minimum Gasteiger partial charge on any atom is -0.497 e. The Morgan fingerprint density at radius 2 is 1.65 bits per heavy atom. The molecule has 0 fully saturated rings. The SMILES string of the molecule is COC(=O)C(NS(=O)(=O)c1ccc(F)cc1)C(O)c1ccc(OC)cc1. The number of benzene rings is 2. The Balaban J connectivity index is 2.31. The summed E-state index contributed by atoms with van der Waals surface area (Å²) in [5.41, 5.74) is 0.281. The Morgan fingerprint density at radius 3 is 2.15 bits per heavy atom. The molecule has 0 aliphatic rings. The highest BCUT2D eigenvalue weighted by molar-refractivity contribution is 7.89. The smallest absolute Gasteiger partial charge is 0.326 e. The molecule has 2 atom stereocenters. The van der Waals surface area contributed by atoms with Crippen molar-refractivity contribution in [1.29, 1.82) is 0 Å². The van der Waals surface area contributed by atoms with Crippen LogP contribution in [-0.2, 0) is 19.6 Å². The Morgan fingerprint density at radius 1 is 1.08 bits per heavy atom. The molecule has 0 saturated carbocycles. The molecule has 140 valence electrons. The summed E-state index contributed by atoms with van der Waals surface area (Å²) in [5.74, 6) is -1.05. The third kappa shape index (κ3) is 4.57. The van der Waals surface area contributed by atoms with Gasteiger partial charge in [-0.3, -0.25) is 4.79 Å². The number of hydrogen-bond donors (Lipinski definition) is 2. The number of esters is 1. The van der Waals surface area contributed by atoms with E-state index in [-0.39, 0.29) is 10.5 Å². The molecule has 0 spiro atoms. The van der Waals surface area contributed by atoms with Crippen molar-refractivity contribution >= 4 is 16.0 Å². The molecule has 0 radical (unpaired) electrons. The summed E-state index contributed by atoms with van der Waals surface area (Å²) in [6.07, 6.45) is -1.51. The van der Waals surface area contributed by atoms with Gasteiger partial charge in [0.25, 0.3) is 0 Å². The van der Waals surface area contributed by atoms with Gasteiger partial charge in [0, 0.05) is 0 Å². The van der Waals surface area contributed by atoms with Crippen molar-refractivity contribution in [3.63, 3.8) is 0 Å². The molecule has 0 saturated heterocycles. The number of nitrogens with one attached hydrogen (secondary N) is 1. The molecule has 9 heteroatoms. The quantitative estimate of drug-likeness (QED) is 0.701. The van der Waals surface area contributed by atoms with Crippen molar-refractivity contribution in [2.75, 3.05) is 14.2 Å². The fraction of sp³-hybridized carbons (Fsp3) is 0.235. The van der Waals surface area contributed by atoms with Crippen LogP contribution < -0.4 is 9.46 Å².